The van der Waals surface area contributed by atoms with Crippen LogP contribution in [-0.2, 0) is 6.42 Å². The third kappa shape index (κ3) is 2.97. The highest BCUT2D eigenvalue weighted by atomic mass is 16.3. The minimum Gasteiger partial charge on any atom is -0.508 e. The van der Waals surface area contributed by atoms with Gasteiger partial charge in [-0.05, 0) is 30.5 Å². The summed E-state index contributed by atoms with van der Waals surface area (Å²) in [6, 6.07) is 15.8. The van der Waals surface area contributed by atoms with Crippen LogP contribution in [0.25, 0.3) is 6.08 Å². The van der Waals surface area contributed by atoms with Crippen molar-refractivity contribution in [2.75, 3.05) is 0 Å². The van der Waals surface area contributed by atoms with E-state index in [2.05, 4.69) is 24.3 Å². The third-order valence-corrected chi connectivity index (χ3v) is 2.82. The number of aryl methyl sites for hydroxylation is 1. The largest absolute Gasteiger partial charge is 0.508 e. The smallest absolute Gasteiger partial charge is 0.119 e. The van der Waals surface area contributed by atoms with Crippen LogP contribution < -0.4 is 0 Å². The highest BCUT2D eigenvalue weighted by molar-refractivity contribution is 5.50. The predicted molar refractivity (Wildman–Crippen MR) is 72.0 cm³/mol. The molecule has 0 saturated heterocycles. The van der Waals surface area contributed by atoms with E-state index >= 15 is 0 Å². The molecule has 1 nitrogen and oxygen atoms in total. The molecule has 1 N–H and O–H groups in total. The van der Waals surface area contributed by atoms with Crippen molar-refractivity contribution in [3.8, 4) is 5.75 Å². The van der Waals surface area contributed by atoms with Gasteiger partial charge < -0.3 is 5.11 Å². The molecule has 0 saturated carbocycles. The second-order valence-corrected chi connectivity index (χ2v) is 4.09. The summed E-state index contributed by atoms with van der Waals surface area (Å²) in [7, 11) is 0. The molecule has 0 fully saturated rings. The second kappa shape index (κ2) is 5.35. The summed E-state index contributed by atoms with van der Waals surface area (Å²) in [5.74, 6) is 0.378. The number of phenols is 1. The van der Waals surface area contributed by atoms with Crippen LogP contribution in [0, 0.1) is 6.92 Å². The van der Waals surface area contributed by atoms with Crippen molar-refractivity contribution in [3.05, 3.63) is 71.3 Å². The van der Waals surface area contributed by atoms with E-state index in [0.717, 1.165) is 17.5 Å². The lowest BCUT2D eigenvalue weighted by molar-refractivity contribution is 0.469. The fourth-order valence-corrected chi connectivity index (χ4v) is 1.83. The Morgan fingerprint density at radius 1 is 1.00 bits per heavy atom. The van der Waals surface area contributed by atoms with Crippen LogP contribution in [0.4, 0.5) is 0 Å². The molecule has 2 aromatic carbocycles. The normalized spacial score (nSPS) is 10.9. The number of allylic oxidation sites excluding steroid dienone is 1. The standard InChI is InChI=1S/C16H16O/c1-13-7-5-12-16(17)15(13)11-6-10-14-8-3-2-4-9-14/h2-10,12,17H,11H2,1H3. The van der Waals surface area contributed by atoms with E-state index in [4.69, 9.17) is 0 Å². The van der Waals surface area contributed by atoms with Crippen molar-refractivity contribution in [2.24, 2.45) is 0 Å². The van der Waals surface area contributed by atoms with E-state index < -0.39 is 0 Å². The molecule has 0 amide bonds. The zero-order chi connectivity index (χ0) is 12.1. The molecule has 0 aromatic heterocycles. The minimum absolute atomic E-state index is 0.378. The molecular weight excluding hydrogens is 208 g/mol. The highest BCUT2D eigenvalue weighted by Gasteiger charge is 2.01. The number of phenolic OH excluding ortho intramolecular Hbond substituents is 1. The first-order valence-corrected chi connectivity index (χ1v) is 5.76. The maximum Gasteiger partial charge on any atom is 0.119 e. The highest BCUT2D eigenvalue weighted by Crippen LogP contribution is 2.21. The predicted octanol–water partition coefficient (Wildman–Crippen LogP) is 3.96. The number of hydrogen-bond donors (Lipinski definition) is 1. The molecule has 0 aliphatic carbocycles. The Labute approximate surface area is 102 Å². The van der Waals surface area contributed by atoms with Crippen molar-refractivity contribution in [1.29, 1.82) is 0 Å². The number of benzene rings is 2. The molecule has 86 valence electrons. The first kappa shape index (κ1) is 11.5. The topological polar surface area (TPSA) is 20.2 Å². The molecule has 1 heteroatoms. The van der Waals surface area contributed by atoms with E-state index in [1.54, 1.807) is 6.07 Å². The van der Waals surface area contributed by atoms with Crippen molar-refractivity contribution in [3.63, 3.8) is 0 Å². The lowest BCUT2D eigenvalue weighted by Gasteiger charge is -2.04. The molecule has 0 spiro atoms. The molecule has 0 heterocycles. The van der Waals surface area contributed by atoms with Gasteiger partial charge in [0.2, 0.25) is 0 Å². The van der Waals surface area contributed by atoms with Crippen molar-refractivity contribution in [1.82, 2.24) is 0 Å². The molecule has 0 bridgehead atoms. The Kier molecular flexibility index (Phi) is 3.61. The summed E-state index contributed by atoms with van der Waals surface area (Å²) < 4.78 is 0. The first-order valence-electron chi connectivity index (χ1n) is 5.76. The molecule has 0 radical (unpaired) electrons. The van der Waals surface area contributed by atoms with E-state index in [1.165, 1.54) is 5.56 Å². The van der Waals surface area contributed by atoms with Gasteiger partial charge in [0.25, 0.3) is 0 Å². The van der Waals surface area contributed by atoms with Gasteiger partial charge in [0.05, 0.1) is 0 Å². The molecule has 0 aliphatic rings. The number of rotatable bonds is 3. The summed E-state index contributed by atoms with van der Waals surface area (Å²) in [6.07, 6.45) is 4.91. The van der Waals surface area contributed by atoms with Gasteiger partial charge >= 0.3 is 0 Å². The van der Waals surface area contributed by atoms with Gasteiger partial charge in [0.15, 0.2) is 0 Å². The Morgan fingerprint density at radius 3 is 2.47 bits per heavy atom. The van der Waals surface area contributed by atoms with Crippen LogP contribution in [0.3, 0.4) is 0 Å². The van der Waals surface area contributed by atoms with E-state index in [9.17, 15) is 5.11 Å². The Bertz CT molecular complexity index is 492. The summed E-state index contributed by atoms with van der Waals surface area (Å²) >= 11 is 0. The zero-order valence-corrected chi connectivity index (χ0v) is 9.93. The zero-order valence-electron chi connectivity index (χ0n) is 9.93. The van der Waals surface area contributed by atoms with E-state index in [0.29, 0.717) is 5.75 Å². The van der Waals surface area contributed by atoms with Crippen LogP contribution in [0.1, 0.15) is 16.7 Å². The average molecular weight is 224 g/mol. The monoisotopic (exact) mass is 224 g/mol. The van der Waals surface area contributed by atoms with Gasteiger partial charge in [-0.25, -0.2) is 0 Å². The molecule has 2 rings (SSSR count). The lowest BCUT2D eigenvalue weighted by Crippen LogP contribution is -1.87. The van der Waals surface area contributed by atoms with Gasteiger partial charge in [0, 0.05) is 5.56 Å². The second-order valence-electron chi connectivity index (χ2n) is 4.09. The summed E-state index contributed by atoms with van der Waals surface area (Å²) in [6.45, 7) is 2.02. The molecule has 0 unspecified atom stereocenters. The minimum atomic E-state index is 0.378. The summed E-state index contributed by atoms with van der Waals surface area (Å²) in [4.78, 5) is 0. The Morgan fingerprint density at radius 2 is 1.76 bits per heavy atom. The number of hydrogen-bond acceptors (Lipinski definition) is 1. The van der Waals surface area contributed by atoms with Crippen LogP contribution >= 0.6 is 0 Å². The van der Waals surface area contributed by atoms with Crippen LogP contribution in [-0.4, -0.2) is 5.11 Å². The van der Waals surface area contributed by atoms with Gasteiger partial charge in [-0.15, -0.1) is 0 Å². The first-order chi connectivity index (χ1) is 8.27. The summed E-state index contributed by atoms with van der Waals surface area (Å²) in [5.41, 5.74) is 3.31. The molecule has 0 atom stereocenters. The fraction of sp³-hybridized carbons (Fsp3) is 0.125. The van der Waals surface area contributed by atoms with Crippen molar-refractivity contribution < 1.29 is 5.11 Å². The van der Waals surface area contributed by atoms with Crippen molar-refractivity contribution >= 4 is 6.08 Å². The van der Waals surface area contributed by atoms with Gasteiger partial charge in [0.1, 0.15) is 5.75 Å². The van der Waals surface area contributed by atoms with E-state index in [-0.39, 0.29) is 0 Å². The maximum atomic E-state index is 9.75. The van der Waals surface area contributed by atoms with Crippen LogP contribution in [0.5, 0.6) is 5.75 Å². The molecule has 0 aliphatic heterocycles. The fourth-order valence-electron chi connectivity index (χ4n) is 1.83. The number of aromatic hydroxyl groups is 1. The molecule has 2 aromatic rings. The molecule has 17 heavy (non-hydrogen) atoms. The van der Waals surface area contributed by atoms with Gasteiger partial charge in [-0.2, -0.15) is 0 Å². The van der Waals surface area contributed by atoms with Crippen molar-refractivity contribution in [2.45, 2.75) is 13.3 Å². The van der Waals surface area contributed by atoms with E-state index in [1.807, 2.05) is 37.3 Å². The third-order valence-electron chi connectivity index (χ3n) is 2.82. The van der Waals surface area contributed by atoms with Gasteiger partial charge in [-0.3, -0.25) is 0 Å². The average Bonchev–Trinajstić information content (AvgIpc) is 2.34. The molecular formula is C16H16O. The van der Waals surface area contributed by atoms with Crippen LogP contribution in [0.2, 0.25) is 0 Å². The summed E-state index contributed by atoms with van der Waals surface area (Å²) in [5, 5.41) is 9.75. The lowest BCUT2D eigenvalue weighted by atomic mass is 10.0. The Balaban J connectivity index is 2.10. The maximum absolute atomic E-state index is 9.75. The van der Waals surface area contributed by atoms with Crippen LogP contribution in [0.15, 0.2) is 54.6 Å². The van der Waals surface area contributed by atoms with Gasteiger partial charge in [-0.1, -0.05) is 54.6 Å². The SMILES string of the molecule is Cc1cccc(O)c1CC=Cc1ccccc1. The Hall–Kier alpha value is -2.02. The quantitative estimate of drug-likeness (QED) is 0.836.